The van der Waals surface area contributed by atoms with Crippen molar-refractivity contribution in [3.63, 3.8) is 0 Å². The zero-order chi connectivity index (χ0) is 12.3. The van der Waals surface area contributed by atoms with Gasteiger partial charge in [-0.05, 0) is 26.8 Å². The topological polar surface area (TPSA) is 42.5 Å². The van der Waals surface area contributed by atoms with Gasteiger partial charge >= 0.3 is 0 Å². The van der Waals surface area contributed by atoms with Gasteiger partial charge in [0, 0.05) is 30.7 Å². The van der Waals surface area contributed by atoms with Crippen LogP contribution in [0.15, 0.2) is 0 Å². The van der Waals surface area contributed by atoms with E-state index in [9.17, 15) is 0 Å². The van der Waals surface area contributed by atoms with E-state index in [2.05, 4.69) is 31.4 Å². The van der Waals surface area contributed by atoms with Gasteiger partial charge in [-0.25, -0.2) is 0 Å². The molecule has 2 fully saturated rings. The minimum absolute atomic E-state index is 0.138. The van der Waals surface area contributed by atoms with E-state index < -0.39 is 0 Å². The molecule has 0 aliphatic carbocycles. The van der Waals surface area contributed by atoms with Crippen molar-refractivity contribution in [3.05, 3.63) is 0 Å². The molecule has 0 spiro atoms. The Hall–Kier alpha value is -0.160. The van der Waals surface area contributed by atoms with Crippen molar-refractivity contribution in [1.29, 1.82) is 0 Å². The lowest BCUT2D eigenvalue weighted by molar-refractivity contribution is 0.0862. The summed E-state index contributed by atoms with van der Waals surface area (Å²) in [4.78, 5) is 0. The van der Waals surface area contributed by atoms with Crippen LogP contribution in [0.5, 0.6) is 0 Å². The highest BCUT2D eigenvalue weighted by Gasteiger charge is 2.38. The number of rotatable bonds is 5. The van der Waals surface area contributed by atoms with Gasteiger partial charge in [0.05, 0.1) is 19.3 Å². The molecular formula is C13H26N2O2. The Balaban J connectivity index is 1.81. The van der Waals surface area contributed by atoms with Gasteiger partial charge in [0.2, 0.25) is 0 Å². The van der Waals surface area contributed by atoms with Crippen LogP contribution in [0.25, 0.3) is 0 Å². The molecule has 0 aromatic rings. The largest absolute Gasteiger partial charge is 0.379 e. The lowest BCUT2D eigenvalue weighted by Gasteiger charge is -2.31. The smallest absolute Gasteiger partial charge is 0.0726 e. The van der Waals surface area contributed by atoms with E-state index in [1.807, 2.05) is 0 Å². The van der Waals surface area contributed by atoms with Gasteiger partial charge in [-0.3, -0.25) is 0 Å². The molecule has 2 saturated heterocycles. The van der Waals surface area contributed by atoms with Crippen LogP contribution in [0, 0.1) is 5.92 Å². The maximum Gasteiger partial charge on any atom is 0.0726 e. The van der Waals surface area contributed by atoms with E-state index in [-0.39, 0.29) is 5.54 Å². The normalized spacial score (nSPS) is 42.2. The van der Waals surface area contributed by atoms with Crippen LogP contribution >= 0.6 is 0 Å². The SMILES string of the molecule is CCNC1COCC1CNC1(C)CCOC1C. The molecule has 17 heavy (non-hydrogen) atoms. The molecule has 2 heterocycles. The third-order valence-corrected chi connectivity index (χ3v) is 4.32. The fourth-order valence-electron chi connectivity index (χ4n) is 2.72. The van der Waals surface area contributed by atoms with E-state index in [4.69, 9.17) is 9.47 Å². The zero-order valence-corrected chi connectivity index (χ0v) is 11.3. The van der Waals surface area contributed by atoms with Crippen molar-refractivity contribution in [2.75, 3.05) is 32.9 Å². The van der Waals surface area contributed by atoms with Crippen LogP contribution < -0.4 is 10.6 Å². The van der Waals surface area contributed by atoms with E-state index >= 15 is 0 Å². The number of nitrogens with one attached hydrogen (secondary N) is 2. The first-order valence-corrected chi connectivity index (χ1v) is 6.83. The standard InChI is InChI=1S/C13H26N2O2/c1-4-14-12-9-16-8-11(12)7-15-13(3)5-6-17-10(13)2/h10-12,14-15H,4-9H2,1-3H3. The van der Waals surface area contributed by atoms with Crippen molar-refractivity contribution < 1.29 is 9.47 Å². The Labute approximate surface area is 104 Å². The van der Waals surface area contributed by atoms with Crippen LogP contribution in [-0.4, -0.2) is 50.6 Å². The Kier molecular flexibility index (Phi) is 4.42. The first-order chi connectivity index (χ1) is 8.15. The number of hydrogen-bond acceptors (Lipinski definition) is 4. The minimum atomic E-state index is 0.138. The van der Waals surface area contributed by atoms with Crippen molar-refractivity contribution in [2.45, 2.75) is 44.9 Å². The molecule has 2 aliphatic heterocycles. The van der Waals surface area contributed by atoms with E-state index in [1.165, 1.54) is 0 Å². The molecule has 4 unspecified atom stereocenters. The molecule has 0 saturated carbocycles. The van der Waals surface area contributed by atoms with Gasteiger partial charge in [-0.2, -0.15) is 0 Å². The lowest BCUT2D eigenvalue weighted by atomic mass is 9.93. The van der Waals surface area contributed by atoms with E-state index in [0.29, 0.717) is 18.1 Å². The van der Waals surface area contributed by atoms with Crippen LogP contribution in [0.2, 0.25) is 0 Å². The molecule has 4 nitrogen and oxygen atoms in total. The van der Waals surface area contributed by atoms with E-state index in [1.54, 1.807) is 0 Å². The predicted molar refractivity (Wildman–Crippen MR) is 68.2 cm³/mol. The quantitative estimate of drug-likeness (QED) is 0.747. The average molecular weight is 242 g/mol. The maximum atomic E-state index is 5.65. The van der Waals surface area contributed by atoms with Gasteiger partial charge in [-0.15, -0.1) is 0 Å². The minimum Gasteiger partial charge on any atom is -0.379 e. The lowest BCUT2D eigenvalue weighted by Crippen LogP contribution is -2.51. The number of ether oxygens (including phenoxy) is 2. The monoisotopic (exact) mass is 242 g/mol. The molecule has 0 radical (unpaired) electrons. The Morgan fingerprint density at radius 3 is 2.82 bits per heavy atom. The first-order valence-electron chi connectivity index (χ1n) is 6.83. The summed E-state index contributed by atoms with van der Waals surface area (Å²) < 4.78 is 11.2. The van der Waals surface area contributed by atoms with Gasteiger partial charge in [0.1, 0.15) is 0 Å². The highest BCUT2D eigenvalue weighted by Crippen LogP contribution is 2.25. The van der Waals surface area contributed by atoms with Crippen molar-refractivity contribution >= 4 is 0 Å². The van der Waals surface area contributed by atoms with E-state index in [0.717, 1.165) is 39.3 Å². The molecular weight excluding hydrogens is 216 g/mol. The molecule has 100 valence electrons. The van der Waals surface area contributed by atoms with Crippen molar-refractivity contribution in [1.82, 2.24) is 10.6 Å². The summed E-state index contributed by atoms with van der Waals surface area (Å²) in [5, 5.41) is 7.19. The zero-order valence-electron chi connectivity index (χ0n) is 11.3. The summed E-state index contributed by atoms with van der Waals surface area (Å²) >= 11 is 0. The van der Waals surface area contributed by atoms with Gasteiger partial charge < -0.3 is 20.1 Å². The van der Waals surface area contributed by atoms with Gasteiger partial charge in [0.25, 0.3) is 0 Å². The molecule has 2 aliphatic rings. The summed E-state index contributed by atoms with van der Waals surface area (Å²) in [5.41, 5.74) is 0.138. The van der Waals surface area contributed by atoms with Gasteiger partial charge in [0.15, 0.2) is 0 Å². The van der Waals surface area contributed by atoms with Gasteiger partial charge in [-0.1, -0.05) is 6.92 Å². The van der Waals surface area contributed by atoms with Crippen LogP contribution in [0.1, 0.15) is 27.2 Å². The second-order valence-electron chi connectivity index (χ2n) is 5.52. The summed E-state index contributed by atoms with van der Waals surface area (Å²) in [6.45, 7) is 11.2. The first kappa shape index (κ1) is 13.3. The third-order valence-electron chi connectivity index (χ3n) is 4.32. The van der Waals surface area contributed by atoms with Crippen LogP contribution in [0.4, 0.5) is 0 Å². The number of hydrogen-bond donors (Lipinski definition) is 2. The van der Waals surface area contributed by atoms with Crippen LogP contribution in [-0.2, 0) is 9.47 Å². The fraction of sp³-hybridized carbons (Fsp3) is 1.00. The summed E-state index contributed by atoms with van der Waals surface area (Å²) in [6, 6.07) is 0.508. The second kappa shape index (κ2) is 5.65. The molecule has 2 rings (SSSR count). The Bertz CT molecular complexity index is 250. The van der Waals surface area contributed by atoms with Crippen molar-refractivity contribution in [3.8, 4) is 0 Å². The average Bonchev–Trinajstić information content (AvgIpc) is 2.86. The summed E-state index contributed by atoms with van der Waals surface area (Å²) in [7, 11) is 0. The Morgan fingerprint density at radius 1 is 1.35 bits per heavy atom. The third kappa shape index (κ3) is 2.99. The maximum absolute atomic E-state index is 5.65. The molecule has 0 bridgehead atoms. The van der Waals surface area contributed by atoms with Crippen molar-refractivity contribution in [2.24, 2.45) is 5.92 Å². The summed E-state index contributed by atoms with van der Waals surface area (Å²) in [6.07, 6.45) is 1.41. The Morgan fingerprint density at radius 2 is 2.18 bits per heavy atom. The molecule has 4 heteroatoms. The molecule has 4 atom stereocenters. The summed E-state index contributed by atoms with van der Waals surface area (Å²) in [5.74, 6) is 0.583. The second-order valence-corrected chi connectivity index (χ2v) is 5.52. The predicted octanol–water partition coefficient (Wildman–Crippen LogP) is 0.768. The molecule has 2 N–H and O–H groups in total. The molecule has 0 amide bonds. The number of likely N-dealkylation sites (N-methyl/N-ethyl adjacent to an activating group) is 1. The van der Waals surface area contributed by atoms with Crippen LogP contribution in [0.3, 0.4) is 0 Å². The molecule has 0 aromatic carbocycles. The highest BCUT2D eigenvalue weighted by atomic mass is 16.5. The highest BCUT2D eigenvalue weighted by molar-refractivity contribution is 4.95. The molecule has 0 aromatic heterocycles. The fourth-order valence-corrected chi connectivity index (χ4v) is 2.72.